The van der Waals surface area contributed by atoms with Gasteiger partial charge >= 0.3 is 6.18 Å². The molecular weight excluding hydrogens is 239 g/mol. The lowest BCUT2D eigenvalue weighted by Gasteiger charge is -2.18. The van der Waals surface area contributed by atoms with Crippen molar-refractivity contribution in [1.82, 2.24) is 0 Å². The predicted molar refractivity (Wildman–Crippen MR) is 66.4 cm³/mol. The molecule has 1 saturated carbocycles. The van der Waals surface area contributed by atoms with Gasteiger partial charge in [-0.2, -0.15) is 13.2 Å². The van der Waals surface area contributed by atoms with Crippen molar-refractivity contribution in [2.24, 2.45) is 0 Å². The first kappa shape index (κ1) is 13.2. The monoisotopic (exact) mass is 257 g/mol. The van der Waals surface area contributed by atoms with E-state index in [0.29, 0.717) is 12.0 Å². The molecule has 0 heterocycles. The molecule has 2 N–H and O–H groups in total. The van der Waals surface area contributed by atoms with Crippen LogP contribution >= 0.6 is 0 Å². The molecular formula is C14H18F3N. The second kappa shape index (κ2) is 4.82. The van der Waals surface area contributed by atoms with Crippen molar-refractivity contribution in [3.05, 3.63) is 28.8 Å². The van der Waals surface area contributed by atoms with Crippen LogP contribution in [0.25, 0.3) is 0 Å². The molecule has 0 aliphatic heterocycles. The van der Waals surface area contributed by atoms with E-state index in [-0.39, 0.29) is 11.6 Å². The highest BCUT2D eigenvalue weighted by Crippen LogP contribution is 2.41. The number of halogens is 3. The molecule has 18 heavy (non-hydrogen) atoms. The minimum absolute atomic E-state index is 0.105. The number of alkyl halides is 3. The van der Waals surface area contributed by atoms with Crippen LogP contribution in [0.5, 0.6) is 0 Å². The maximum atomic E-state index is 13.0. The number of nitrogen functional groups attached to an aromatic ring is 1. The molecule has 1 nitrogen and oxygen atoms in total. The summed E-state index contributed by atoms with van der Waals surface area (Å²) in [6, 6.07) is 3.12. The highest BCUT2D eigenvalue weighted by Gasteiger charge is 2.35. The molecule has 0 amide bonds. The predicted octanol–water partition coefficient (Wildman–Crippen LogP) is 4.51. The largest absolute Gasteiger partial charge is 0.418 e. The molecule has 2 rings (SSSR count). The molecule has 0 radical (unpaired) electrons. The van der Waals surface area contributed by atoms with Gasteiger partial charge < -0.3 is 5.73 Å². The summed E-state index contributed by atoms with van der Waals surface area (Å²) in [5.41, 5.74) is 6.29. The zero-order chi connectivity index (χ0) is 13.3. The Hall–Kier alpha value is -1.19. The summed E-state index contributed by atoms with van der Waals surface area (Å²) in [6.07, 6.45) is 0.378. The van der Waals surface area contributed by atoms with Crippen LogP contribution in [-0.2, 0) is 12.6 Å². The van der Waals surface area contributed by atoms with Gasteiger partial charge in [0.15, 0.2) is 0 Å². The average Bonchev–Trinajstić information content (AvgIpc) is 2.81. The second-order valence-corrected chi connectivity index (χ2v) is 4.97. The summed E-state index contributed by atoms with van der Waals surface area (Å²) < 4.78 is 38.9. The lowest BCUT2D eigenvalue weighted by atomic mass is 9.91. The van der Waals surface area contributed by atoms with Crippen molar-refractivity contribution in [3.63, 3.8) is 0 Å². The van der Waals surface area contributed by atoms with Crippen LogP contribution in [0.4, 0.5) is 18.9 Å². The van der Waals surface area contributed by atoms with Crippen LogP contribution in [-0.4, -0.2) is 0 Å². The maximum absolute atomic E-state index is 13.0. The van der Waals surface area contributed by atoms with E-state index in [2.05, 4.69) is 0 Å². The number of nitrogens with two attached hydrogens (primary N) is 1. The van der Waals surface area contributed by atoms with Crippen LogP contribution in [0.1, 0.15) is 55.2 Å². The van der Waals surface area contributed by atoms with Crippen molar-refractivity contribution >= 4 is 5.69 Å². The van der Waals surface area contributed by atoms with Gasteiger partial charge in [-0.25, -0.2) is 0 Å². The molecule has 1 aromatic rings. The lowest BCUT2D eigenvalue weighted by Crippen LogP contribution is -2.12. The van der Waals surface area contributed by atoms with Crippen LogP contribution in [0.3, 0.4) is 0 Å². The third-order valence-electron chi connectivity index (χ3n) is 3.80. The Labute approximate surface area is 105 Å². The third kappa shape index (κ3) is 2.47. The van der Waals surface area contributed by atoms with Gasteiger partial charge in [-0.15, -0.1) is 0 Å². The molecule has 4 heteroatoms. The van der Waals surface area contributed by atoms with Crippen LogP contribution in [0.15, 0.2) is 12.1 Å². The minimum Gasteiger partial charge on any atom is -0.398 e. The van der Waals surface area contributed by atoms with Crippen LogP contribution in [0.2, 0.25) is 0 Å². The van der Waals surface area contributed by atoms with E-state index in [1.807, 2.05) is 13.0 Å². The van der Waals surface area contributed by atoms with Crippen molar-refractivity contribution in [2.75, 3.05) is 5.73 Å². The summed E-state index contributed by atoms with van der Waals surface area (Å²) in [5, 5.41) is 0. The normalized spacial score (nSPS) is 17.3. The Morgan fingerprint density at radius 3 is 2.33 bits per heavy atom. The number of hydrogen-bond donors (Lipinski definition) is 1. The number of benzene rings is 1. The van der Waals surface area contributed by atoms with Crippen molar-refractivity contribution < 1.29 is 13.2 Å². The quantitative estimate of drug-likeness (QED) is 0.775. The number of rotatable bonds is 2. The van der Waals surface area contributed by atoms with Gasteiger partial charge in [0, 0.05) is 5.69 Å². The SMILES string of the molecule is CCc1cc(C2CCCC2)cc(C(F)(F)F)c1N. The molecule has 0 bridgehead atoms. The van der Waals surface area contributed by atoms with Crippen LogP contribution in [0, 0.1) is 0 Å². The van der Waals surface area contributed by atoms with E-state index >= 15 is 0 Å². The van der Waals surface area contributed by atoms with E-state index in [9.17, 15) is 13.2 Å². The molecule has 0 unspecified atom stereocenters. The molecule has 0 saturated heterocycles. The summed E-state index contributed by atoms with van der Waals surface area (Å²) in [4.78, 5) is 0. The maximum Gasteiger partial charge on any atom is 0.418 e. The third-order valence-corrected chi connectivity index (χ3v) is 3.80. The number of aryl methyl sites for hydroxylation is 1. The zero-order valence-corrected chi connectivity index (χ0v) is 10.5. The highest BCUT2D eigenvalue weighted by molar-refractivity contribution is 5.57. The van der Waals surface area contributed by atoms with Gasteiger partial charge in [0.2, 0.25) is 0 Å². The molecule has 0 spiro atoms. The number of hydrogen-bond acceptors (Lipinski definition) is 1. The standard InChI is InChI=1S/C14H18F3N/c1-2-9-7-11(10-5-3-4-6-10)8-12(13(9)18)14(15,16)17/h7-8,10H,2-6,18H2,1H3. The number of anilines is 1. The first-order valence-electron chi connectivity index (χ1n) is 6.43. The Balaban J connectivity index is 2.48. The molecule has 1 fully saturated rings. The first-order valence-corrected chi connectivity index (χ1v) is 6.43. The Kier molecular flexibility index (Phi) is 3.55. The fraction of sp³-hybridized carbons (Fsp3) is 0.571. The summed E-state index contributed by atoms with van der Waals surface area (Å²) >= 11 is 0. The van der Waals surface area contributed by atoms with Crippen molar-refractivity contribution in [2.45, 2.75) is 51.1 Å². The van der Waals surface area contributed by atoms with Gasteiger partial charge in [-0.3, -0.25) is 0 Å². The molecule has 1 aromatic carbocycles. The molecule has 1 aliphatic carbocycles. The average molecular weight is 257 g/mol. The van der Waals surface area contributed by atoms with Gasteiger partial charge in [0.1, 0.15) is 0 Å². The van der Waals surface area contributed by atoms with Gasteiger partial charge in [-0.1, -0.05) is 25.8 Å². The fourth-order valence-electron chi connectivity index (χ4n) is 2.76. The van der Waals surface area contributed by atoms with E-state index in [0.717, 1.165) is 31.2 Å². The zero-order valence-electron chi connectivity index (χ0n) is 10.5. The van der Waals surface area contributed by atoms with Gasteiger partial charge in [0.05, 0.1) is 5.56 Å². The van der Waals surface area contributed by atoms with Crippen molar-refractivity contribution in [3.8, 4) is 0 Å². The van der Waals surface area contributed by atoms with E-state index in [1.165, 1.54) is 6.07 Å². The molecule has 100 valence electrons. The smallest absolute Gasteiger partial charge is 0.398 e. The Morgan fingerprint density at radius 1 is 1.22 bits per heavy atom. The summed E-state index contributed by atoms with van der Waals surface area (Å²) in [7, 11) is 0. The minimum atomic E-state index is -4.36. The van der Waals surface area contributed by atoms with E-state index in [4.69, 9.17) is 5.73 Å². The first-order chi connectivity index (χ1) is 8.43. The van der Waals surface area contributed by atoms with E-state index in [1.54, 1.807) is 0 Å². The van der Waals surface area contributed by atoms with Gasteiger partial charge in [0.25, 0.3) is 0 Å². The van der Waals surface area contributed by atoms with Crippen LogP contribution < -0.4 is 5.73 Å². The summed E-state index contributed by atoms with van der Waals surface area (Å²) in [6.45, 7) is 1.84. The molecule has 0 atom stereocenters. The highest BCUT2D eigenvalue weighted by atomic mass is 19.4. The fourth-order valence-corrected chi connectivity index (χ4v) is 2.76. The topological polar surface area (TPSA) is 26.0 Å². The molecule has 1 aliphatic rings. The second-order valence-electron chi connectivity index (χ2n) is 4.97. The summed E-state index contributed by atoms with van der Waals surface area (Å²) in [5.74, 6) is 0.275. The lowest BCUT2D eigenvalue weighted by molar-refractivity contribution is -0.137. The Morgan fingerprint density at radius 2 is 1.83 bits per heavy atom. The Bertz CT molecular complexity index is 431. The van der Waals surface area contributed by atoms with E-state index < -0.39 is 11.7 Å². The molecule has 0 aromatic heterocycles. The van der Waals surface area contributed by atoms with Crippen molar-refractivity contribution in [1.29, 1.82) is 0 Å². The van der Waals surface area contributed by atoms with Gasteiger partial charge in [-0.05, 0) is 42.4 Å².